The number of aromatic nitrogens is 3. The second-order valence-electron chi connectivity index (χ2n) is 8.02. The Morgan fingerprint density at radius 1 is 1.27 bits per heavy atom. The number of rotatable bonds is 6. The smallest absolute Gasteiger partial charge is 0.408 e. The molecule has 1 aromatic carbocycles. The van der Waals surface area contributed by atoms with Gasteiger partial charge >= 0.3 is 12.6 Å². The number of alkyl halides is 2. The van der Waals surface area contributed by atoms with Crippen molar-refractivity contribution in [2.75, 3.05) is 13.2 Å². The molecule has 1 unspecified atom stereocenters. The molecule has 10 heteroatoms. The summed E-state index contributed by atoms with van der Waals surface area (Å²) in [5.41, 5.74) is 0.356. The summed E-state index contributed by atoms with van der Waals surface area (Å²) in [5.74, 6) is 5.47. The summed E-state index contributed by atoms with van der Waals surface area (Å²) in [5, 5.41) is 6.98. The minimum atomic E-state index is -2.84. The number of carbonyl (C=O) groups excluding carboxylic acids is 1. The maximum Gasteiger partial charge on any atom is 0.408 e. The quantitative estimate of drug-likeness (QED) is 0.304. The lowest BCUT2D eigenvalue weighted by molar-refractivity contribution is 0.0457. The van der Waals surface area contributed by atoms with Crippen molar-refractivity contribution in [2.45, 2.75) is 39.0 Å². The molecule has 1 amide bonds. The Labute approximate surface area is 195 Å². The summed E-state index contributed by atoms with van der Waals surface area (Å²) < 4.78 is 38.0. The average molecular weight is 477 g/mol. The van der Waals surface area contributed by atoms with Crippen LogP contribution in [0.4, 0.5) is 13.6 Å². The first-order valence-corrected chi connectivity index (χ1v) is 10.4. The van der Waals surface area contributed by atoms with Gasteiger partial charge in [0, 0.05) is 5.39 Å². The maximum atomic E-state index is 13.2. The van der Waals surface area contributed by atoms with Crippen molar-refractivity contribution in [3.63, 3.8) is 0 Å². The molecule has 1 atom stereocenters. The Morgan fingerprint density at radius 3 is 2.67 bits per heavy atom. The summed E-state index contributed by atoms with van der Waals surface area (Å²) in [4.78, 5) is 16.3. The topological polar surface area (TPSA) is 78.3 Å². The fourth-order valence-corrected chi connectivity index (χ4v) is 3.19. The number of nitrogens with zero attached hydrogens (tertiary/aromatic N) is 3. The molecule has 1 N–H and O–H groups in total. The van der Waals surface area contributed by atoms with Crippen molar-refractivity contribution in [2.24, 2.45) is 0 Å². The standard InChI is InChI=1S/C23H23ClF2N4O3/c1-23(2,3)33-22(31)29-18(15-8-5-4-6-9-15)14-32-11-7-10-17-20-16(12-19(24)28-17)13-27-30(20)21(25)26/h4-6,8-9,12-13,18,21H,11,14H2,1-3H3,(H,29,31). The second kappa shape index (κ2) is 10.6. The van der Waals surface area contributed by atoms with E-state index >= 15 is 0 Å². The molecule has 2 heterocycles. The van der Waals surface area contributed by atoms with Crippen molar-refractivity contribution in [1.82, 2.24) is 20.1 Å². The van der Waals surface area contributed by atoms with Crippen LogP contribution in [-0.4, -0.2) is 39.7 Å². The van der Waals surface area contributed by atoms with E-state index in [-0.39, 0.29) is 29.6 Å². The number of fused-ring (bicyclic) bond motifs is 1. The number of halogens is 3. The minimum absolute atomic E-state index is 0.0299. The van der Waals surface area contributed by atoms with Crippen LogP contribution in [0, 0.1) is 11.8 Å². The van der Waals surface area contributed by atoms with Crippen LogP contribution >= 0.6 is 11.6 Å². The van der Waals surface area contributed by atoms with E-state index < -0.39 is 24.3 Å². The third-order valence-corrected chi connectivity index (χ3v) is 4.48. The lowest BCUT2D eigenvalue weighted by atomic mass is 10.1. The third-order valence-electron chi connectivity index (χ3n) is 4.28. The normalized spacial score (nSPS) is 12.3. The van der Waals surface area contributed by atoms with Gasteiger partial charge in [0.2, 0.25) is 0 Å². The highest BCUT2D eigenvalue weighted by Gasteiger charge is 2.21. The molecular formula is C23H23ClF2N4O3. The second-order valence-corrected chi connectivity index (χ2v) is 8.41. The highest BCUT2D eigenvalue weighted by atomic mass is 35.5. The number of alkyl carbamates (subject to hydrolysis) is 1. The van der Waals surface area contributed by atoms with Gasteiger partial charge in [0.05, 0.1) is 18.8 Å². The van der Waals surface area contributed by atoms with Crippen LogP contribution < -0.4 is 5.32 Å². The van der Waals surface area contributed by atoms with Crippen LogP contribution in [-0.2, 0) is 9.47 Å². The fraction of sp³-hybridized carbons (Fsp3) is 0.348. The molecule has 0 aliphatic carbocycles. The van der Waals surface area contributed by atoms with Crippen LogP contribution in [0.1, 0.15) is 44.6 Å². The number of benzene rings is 1. The molecule has 0 bridgehead atoms. The van der Waals surface area contributed by atoms with Gasteiger partial charge in [0.25, 0.3) is 0 Å². The molecule has 0 aliphatic heterocycles. The Morgan fingerprint density at radius 2 is 2.00 bits per heavy atom. The molecule has 3 rings (SSSR count). The molecule has 0 saturated carbocycles. The molecule has 0 fully saturated rings. The first kappa shape index (κ1) is 24.4. The lowest BCUT2D eigenvalue weighted by Gasteiger charge is -2.23. The van der Waals surface area contributed by atoms with Crippen molar-refractivity contribution in [3.05, 3.63) is 59.0 Å². The number of carbonyl (C=O) groups is 1. The van der Waals surface area contributed by atoms with Gasteiger partial charge < -0.3 is 14.8 Å². The lowest BCUT2D eigenvalue weighted by Crippen LogP contribution is -2.36. The molecule has 174 valence electrons. The SMILES string of the molecule is CC(C)(C)OC(=O)NC(COCC#Cc1nc(Cl)cc2cnn(C(F)F)c12)c1ccccc1. The number of nitrogens with one attached hydrogen (secondary N) is 1. The van der Waals surface area contributed by atoms with E-state index in [4.69, 9.17) is 21.1 Å². The molecule has 3 aromatic rings. The predicted octanol–water partition coefficient (Wildman–Crippen LogP) is 5.11. The van der Waals surface area contributed by atoms with E-state index in [9.17, 15) is 13.6 Å². The summed E-state index contributed by atoms with van der Waals surface area (Å²) in [7, 11) is 0. The van der Waals surface area contributed by atoms with Gasteiger partial charge in [-0.25, -0.2) is 14.5 Å². The van der Waals surface area contributed by atoms with E-state index in [1.807, 2.05) is 30.3 Å². The first-order chi connectivity index (χ1) is 15.6. The molecule has 7 nitrogen and oxygen atoms in total. The summed E-state index contributed by atoms with van der Waals surface area (Å²) in [6, 6.07) is 10.2. The van der Waals surface area contributed by atoms with Gasteiger partial charge in [0.15, 0.2) is 0 Å². The summed E-state index contributed by atoms with van der Waals surface area (Å²) >= 11 is 5.97. The fourth-order valence-electron chi connectivity index (χ4n) is 2.99. The van der Waals surface area contributed by atoms with Gasteiger partial charge in [-0.1, -0.05) is 47.9 Å². The van der Waals surface area contributed by atoms with Crippen molar-refractivity contribution in [3.8, 4) is 11.8 Å². The van der Waals surface area contributed by atoms with Gasteiger partial charge in [-0.2, -0.15) is 13.9 Å². The van der Waals surface area contributed by atoms with E-state index in [2.05, 4.69) is 27.2 Å². The maximum absolute atomic E-state index is 13.2. The summed E-state index contributed by atoms with van der Waals surface area (Å²) in [6.45, 7) is 2.57. The zero-order valence-corrected chi connectivity index (χ0v) is 19.1. The molecule has 2 aromatic heterocycles. The Hall–Kier alpha value is -3.22. The van der Waals surface area contributed by atoms with Crippen LogP contribution in [0.3, 0.4) is 0 Å². The zero-order valence-electron chi connectivity index (χ0n) is 18.3. The van der Waals surface area contributed by atoms with Crippen molar-refractivity contribution >= 4 is 28.6 Å². The van der Waals surface area contributed by atoms with Crippen LogP contribution in [0.15, 0.2) is 42.6 Å². The summed E-state index contributed by atoms with van der Waals surface area (Å²) in [6.07, 6.45) is 0.709. The Bertz CT molecular complexity index is 1170. The molecular weight excluding hydrogens is 454 g/mol. The van der Waals surface area contributed by atoms with Gasteiger partial charge in [0.1, 0.15) is 28.6 Å². The number of hydrogen-bond donors (Lipinski definition) is 1. The number of ether oxygens (including phenoxy) is 2. The van der Waals surface area contributed by atoms with Gasteiger partial charge in [-0.15, -0.1) is 0 Å². The Kier molecular flexibility index (Phi) is 7.84. The van der Waals surface area contributed by atoms with Crippen LogP contribution in [0.25, 0.3) is 10.9 Å². The number of hydrogen-bond acceptors (Lipinski definition) is 5. The van der Waals surface area contributed by atoms with Gasteiger partial charge in [-0.05, 0) is 38.3 Å². The van der Waals surface area contributed by atoms with Crippen molar-refractivity contribution < 1.29 is 23.0 Å². The molecule has 0 radical (unpaired) electrons. The van der Waals surface area contributed by atoms with Crippen LogP contribution in [0.2, 0.25) is 5.15 Å². The number of pyridine rings is 1. The molecule has 0 aliphatic rings. The molecule has 0 spiro atoms. The van der Waals surface area contributed by atoms with E-state index in [1.165, 1.54) is 12.3 Å². The highest BCUT2D eigenvalue weighted by Crippen LogP contribution is 2.24. The van der Waals surface area contributed by atoms with E-state index in [0.717, 1.165) is 5.56 Å². The molecule has 33 heavy (non-hydrogen) atoms. The largest absolute Gasteiger partial charge is 0.444 e. The molecule has 0 saturated heterocycles. The first-order valence-electron chi connectivity index (χ1n) is 10.1. The highest BCUT2D eigenvalue weighted by molar-refractivity contribution is 6.30. The average Bonchev–Trinajstić information content (AvgIpc) is 3.16. The monoisotopic (exact) mass is 476 g/mol. The van der Waals surface area contributed by atoms with Gasteiger partial charge in [-0.3, -0.25) is 0 Å². The van der Waals surface area contributed by atoms with E-state index in [1.54, 1.807) is 20.8 Å². The van der Waals surface area contributed by atoms with Crippen LogP contribution in [0.5, 0.6) is 0 Å². The van der Waals surface area contributed by atoms with Crippen molar-refractivity contribution in [1.29, 1.82) is 0 Å². The zero-order chi connectivity index (χ0) is 24.0. The minimum Gasteiger partial charge on any atom is -0.444 e. The van der Waals surface area contributed by atoms with E-state index in [0.29, 0.717) is 10.1 Å². The predicted molar refractivity (Wildman–Crippen MR) is 120 cm³/mol. The number of amides is 1. The third kappa shape index (κ3) is 6.88. The Balaban J connectivity index is 1.70.